The van der Waals surface area contributed by atoms with Crippen molar-refractivity contribution in [2.24, 2.45) is 5.92 Å². The van der Waals surface area contributed by atoms with Crippen LogP contribution in [-0.2, 0) is 21.2 Å². The van der Waals surface area contributed by atoms with Gasteiger partial charge in [-0.05, 0) is 128 Å². The minimum Gasteiger partial charge on any atom is -0.455 e. The number of likely N-dealkylation sites (tertiary alicyclic amines) is 1. The topological polar surface area (TPSA) is 169 Å². The molecule has 3 N–H and O–H groups in total. The molecule has 61 heavy (non-hydrogen) atoms. The summed E-state index contributed by atoms with van der Waals surface area (Å²) in [5.41, 5.74) is 6.29. The zero-order valence-corrected chi connectivity index (χ0v) is 34.5. The molecule has 1 saturated carbocycles. The Kier molecular flexibility index (Phi) is 11.6. The molecule has 2 aromatic heterocycles. The summed E-state index contributed by atoms with van der Waals surface area (Å²) in [7, 11) is -4.55. The smallest absolute Gasteiger partial charge is 0.293 e. The van der Waals surface area contributed by atoms with E-state index in [1.54, 1.807) is 24.4 Å². The molecule has 0 radical (unpaired) electrons. The third-order valence-corrected chi connectivity index (χ3v) is 13.5. The van der Waals surface area contributed by atoms with Gasteiger partial charge in [-0.1, -0.05) is 54.6 Å². The lowest BCUT2D eigenvalue weighted by Crippen LogP contribution is -2.31. The molecule has 0 bridgehead atoms. The summed E-state index contributed by atoms with van der Waals surface area (Å²) in [6, 6.07) is 29.9. The summed E-state index contributed by atoms with van der Waals surface area (Å²) in [4.78, 5) is 35.0. The van der Waals surface area contributed by atoms with Gasteiger partial charge in [-0.2, -0.15) is 0 Å². The lowest BCUT2D eigenvalue weighted by Gasteiger charge is -2.27. The zero-order valence-electron chi connectivity index (χ0n) is 33.7. The average molecular weight is 841 g/mol. The summed E-state index contributed by atoms with van der Waals surface area (Å²) < 4.78 is 41.1. The molecule has 1 unspecified atom stereocenters. The van der Waals surface area contributed by atoms with Crippen molar-refractivity contribution in [2.45, 2.75) is 61.8 Å². The Morgan fingerprint density at radius 2 is 1.70 bits per heavy atom. The van der Waals surface area contributed by atoms with Gasteiger partial charge in [0.25, 0.3) is 21.6 Å². The van der Waals surface area contributed by atoms with Crippen molar-refractivity contribution in [2.75, 3.05) is 38.2 Å². The number of hydrogen-bond acceptors (Lipinski definition) is 10. The highest BCUT2D eigenvalue weighted by molar-refractivity contribution is 7.90. The molecule has 314 valence electrons. The van der Waals surface area contributed by atoms with E-state index in [0.29, 0.717) is 37.2 Å². The summed E-state index contributed by atoms with van der Waals surface area (Å²) in [6.45, 7) is 3.81. The van der Waals surface area contributed by atoms with Crippen LogP contribution in [0.3, 0.4) is 0 Å². The number of nitro benzene ring substituents is 1. The van der Waals surface area contributed by atoms with E-state index in [1.807, 2.05) is 18.2 Å². The number of pyridine rings is 1. The lowest BCUT2D eigenvalue weighted by atomic mass is 9.95. The van der Waals surface area contributed by atoms with Gasteiger partial charge in [0.2, 0.25) is 0 Å². The first kappa shape index (κ1) is 40.3. The monoisotopic (exact) mass is 840 g/mol. The van der Waals surface area contributed by atoms with Gasteiger partial charge in [0.05, 0.1) is 21.6 Å². The van der Waals surface area contributed by atoms with Crippen LogP contribution < -0.4 is 14.8 Å². The number of carbonyl (C=O) groups excluding carboxylic acids is 1. The molecule has 2 saturated heterocycles. The second-order valence-corrected chi connectivity index (χ2v) is 17.9. The Hall–Kier alpha value is -6.09. The molecule has 1 aliphatic carbocycles. The molecule has 9 rings (SSSR count). The van der Waals surface area contributed by atoms with Crippen LogP contribution in [0.5, 0.6) is 11.5 Å². The molecule has 2 aliphatic heterocycles. The van der Waals surface area contributed by atoms with Crippen LogP contribution >= 0.6 is 0 Å². The van der Waals surface area contributed by atoms with Crippen LogP contribution in [0.2, 0.25) is 0 Å². The van der Waals surface area contributed by atoms with E-state index in [1.165, 1.54) is 66.8 Å². The Balaban J connectivity index is 0.930. The number of H-pyrrole nitrogens is 1. The Labute approximate surface area is 354 Å². The third kappa shape index (κ3) is 9.16. The standard InChI is InChI=1S/C47H48N6O7S/c54-47(51-61(57,58)38-14-16-42(44(28-38)53(55)56)49-29-32-19-24-59-25-20-32)41-15-13-35(27-45(41)60-37-26-36-17-21-48-46(36)50-30-37)33-9-7-31(8-10-33)18-23-52-22-3-6-43(52)40-5-2-1-4-39(40)34-11-12-34/h1-2,4-5,7-10,13-17,21,26-28,30,32,34,43,49H,3,6,11-12,18-20,22-25,29H2,(H,48,50)(H,51,54). The fourth-order valence-electron chi connectivity index (χ4n) is 8.66. The summed E-state index contributed by atoms with van der Waals surface area (Å²) >= 11 is 0. The number of aromatic amines is 1. The number of nitrogens with one attached hydrogen (secondary N) is 3. The van der Waals surface area contributed by atoms with Gasteiger partial charge in [-0.3, -0.25) is 19.8 Å². The molecule has 13 nitrogen and oxygen atoms in total. The number of aromatic nitrogens is 2. The molecular formula is C47H48N6O7S. The van der Waals surface area contributed by atoms with E-state index < -0.39 is 31.4 Å². The minimum absolute atomic E-state index is 0.0502. The number of hydrogen-bond donors (Lipinski definition) is 3. The predicted octanol–water partition coefficient (Wildman–Crippen LogP) is 9.14. The molecule has 3 fully saturated rings. The van der Waals surface area contributed by atoms with Crippen LogP contribution in [0.15, 0.2) is 114 Å². The predicted molar refractivity (Wildman–Crippen MR) is 233 cm³/mol. The number of rotatable bonds is 15. The number of nitrogens with zero attached hydrogens (tertiary/aromatic N) is 3. The summed E-state index contributed by atoms with van der Waals surface area (Å²) in [6.07, 6.45) is 10.8. The molecule has 3 aliphatic rings. The van der Waals surface area contributed by atoms with Crippen LogP contribution in [0, 0.1) is 16.0 Å². The summed E-state index contributed by atoms with van der Waals surface area (Å²) in [5, 5.41) is 15.9. The maximum Gasteiger partial charge on any atom is 0.293 e. The highest BCUT2D eigenvalue weighted by Crippen LogP contribution is 2.45. The molecule has 4 aromatic carbocycles. The van der Waals surface area contributed by atoms with Crippen LogP contribution in [0.1, 0.15) is 77.5 Å². The number of carbonyl (C=O) groups is 1. The normalized spacial score (nSPS) is 17.3. The number of ether oxygens (including phenoxy) is 2. The van der Waals surface area contributed by atoms with Crippen molar-refractivity contribution in [1.82, 2.24) is 19.6 Å². The van der Waals surface area contributed by atoms with E-state index in [2.05, 4.69) is 61.3 Å². The van der Waals surface area contributed by atoms with Crippen molar-refractivity contribution >= 4 is 38.3 Å². The number of nitro groups is 1. The van der Waals surface area contributed by atoms with Crippen molar-refractivity contribution in [1.29, 1.82) is 0 Å². The van der Waals surface area contributed by atoms with Crippen LogP contribution in [0.25, 0.3) is 22.2 Å². The second kappa shape index (κ2) is 17.5. The van der Waals surface area contributed by atoms with Crippen molar-refractivity contribution in [3.05, 3.63) is 142 Å². The van der Waals surface area contributed by atoms with E-state index in [0.717, 1.165) is 60.8 Å². The molecule has 0 spiro atoms. The largest absolute Gasteiger partial charge is 0.455 e. The molecule has 6 aromatic rings. The first-order chi connectivity index (χ1) is 29.7. The number of amides is 1. The average Bonchev–Trinajstić information content (AvgIpc) is 3.83. The van der Waals surface area contributed by atoms with Gasteiger partial charge in [0.15, 0.2) is 0 Å². The number of fused-ring (bicyclic) bond motifs is 1. The Bertz CT molecular complexity index is 2670. The maximum atomic E-state index is 13.9. The van der Waals surface area contributed by atoms with Crippen molar-refractivity contribution in [3.63, 3.8) is 0 Å². The first-order valence-corrected chi connectivity index (χ1v) is 22.5. The van der Waals surface area contributed by atoms with Gasteiger partial charge < -0.3 is 19.8 Å². The highest BCUT2D eigenvalue weighted by atomic mass is 32.2. The van der Waals surface area contributed by atoms with Gasteiger partial charge >= 0.3 is 0 Å². The molecular weight excluding hydrogens is 793 g/mol. The van der Waals surface area contributed by atoms with E-state index in [9.17, 15) is 23.3 Å². The Morgan fingerprint density at radius 1 is 0.918 bits per heavy atom. The van der Waals surface area contributed by atoms with E-state index in [-0.39, 0.29) is 22.9 Å². The Morgan fingerprint density at radius 3 is 2.49 bits per heavy atom. The number of anilines is 1. The van der Waals surface area contributed by atoms with Gasteiger partial charge in [0, 0.05) is 50.0 Å². The quantitative estimate of drug-likeness (QED) is 0.0670. The molecule has 1 amide bonds. The lowest BCUT2D eigenvalue weighted by molar-refractivity contribution is -0.384. The highest BCUT2D eigenvalue weighted by Gasteiger charge is 2.32. The third-order valence-electron chi connectivity index (χ3n) is 12.2. The fourth-order valence-corrected chi connectivity index (χ4v) is 9.65. The summed E-state index contributed by atoms with van der Waals surface area (Å²) in [5.74, 6) is 0.485. The fraction of sp³-hybridized carbons (Fsp3) is 0.319. The second-order valence-electron chi connectivity index (χ2n) is 16.3. The van der Waals surface area contributed by atoms with Gasteiger partial charge in [0.1, 0.15) is 22.8 Å². The molecule has 4 heterocycles. The molecule has 1 atom stereocenters. The molecule has 14 heteroatoms. The zero-order chi connectivity index (χ0) is 41.9. The van der Waals surface area contributed by atoms with Gasteiger partial charge in [-0.25, -0.2) is 18.1 Å². The first-order valence-electron chi connectivity index (χ1n) is 21.0. The number of sulfonamides is 1. The van der Waals surface area contributed by atoms with Gasteiger partial charge in [-0.15, -0.1) is 0 Å². The van der Waals surface area contributed by atoms with E-state index >= 15 is 0 Å². The van der Waals surface area contributed by atoms with Crippen LogP contribution in [-0.4, -0.2) is 67.0 Å². The van der Waals surface area contributed by atoms with Crippen molar-refractivity contribution < 1.29 is 27.6 Å². The van der Waals surface area contributed by atoms with Crippen LogP contribution in [0.4, 0.5) is 11.4 Å². The van der Waals surface area contributed by atoms with E-state index in [4.69, 9.17) is 9.47 Å². The maximum absolute atomic E-state index is 13.9. The number of benzene rings is 4. The van der Waals surface area contributed by atoms with Crippen molar-refractivity contribution in [3.8, 4) is 22.6 Å². The minimum atomic E-state index is -4.55. The SMILES string of the molecule is O=C(NS(=O)(=O)c1ccc(NCC2CCOCC2)c([N+](=O)[O-])c1)c1ccc(-c2ccc(CCN3CCCC3c3ccccc3C3CC3)cc2)cc1Oc1cnc2[nH]ccc2c1.